The molecular formula is C13H19N3O4. The minimum Gasteiger partial charge on any atom is -0.481 e. The second-order valence-corrected chi connectivity index (χ2v) is 4.15. The third-order valence-corrected chi connectivity index (χ3v) is 2.45. The highest BCUT2D eigenvalue weighted by Crippen LogP contribution is 2.10. The fourth-order valence-electron chi connectivity index (χ4n) is 1.45. The lowest BCUT2D eigenvalue weighted by Crippen LogP contribution is -2.14. The van der Waals surface area contributed by atoms with Crippen molar-refractivity contribution in [2.45, 2.75) is 19.3 Å². The van der Waals surface area contributed by atoms with Crippen molar-refractivity contribution in [3.05, 3.63) is 18.3 Å². The zero-order chi connectivity index (χ0) is 14.8. The minimum absolute atomic E-state index is 0.0615. The molecule has 3 N–H and O–H groups in total. The van der Waals surface area contributed by atoms with E-state index in [1.54, 1.807) is 25.4 Å². The molecule has 20 heavy (non-hydrogen) atoms. The van der Waals surface area contributed by atoms with Crippen LogP contribution in [0.15, 0.2) is 18.3 Å². The van der Waals surface area contributed by atoms with Gasteiger partial charge in [-0.25, -0.2) is 4.98 Å². The number of aliphatic carboxylic acids is 1. The molecular weight excluding hydrogens is 262 g/mol. The van der Waals surface area contributed by atoms with Gasteiger partial charge in [0, 0.05) is 26.7 Å². The predicted molar refractivity (Wildman–Crippen MR) is 74.7 cm³/mol. The topological polar surface area (TPSA) is 101 Å². The molecule has 0 aliphatic carbocycles. The fraction of sp³-hybridized carbons (Fsp3) is 0.462. The summed E-state index contributed by atoms with van der Waals surface area (Å²) in [7, 11) is 1.66. The number of amides is 1. The Morgan fingerprint density at radius 2 is 2.15 bits per heavy atom. The van der Waals surface area contributed by atoms with Crippen molar-refractivity contribution in [3.63, 3.8) is 0 Å². The van der Waals surface area contributed by atoms with Gasteiger partial charge in [-0.2, -0.15) is 0 Å². The summed E-state index contributed by atoms with van der Waals surface area (Å²) in [6.07, 6.45) is 2.25. The van der Waals surface area contributed by atoms with Gasteiger partial charge in [-0.15, -0.1) is 0 Å². The molecule has 110 valence electrons. The van der Waals surface area contributed by atoms with Crippen LogP contribution in [0.1, 0.15) is 19.3 Å². The molecule has 7 heteroatoms. The highest BCUT2D eigenvalue weighted by Gasteiger charge is 2.06. The molecule has 0 saturated carbocycles. The lowest BCUT2D eigenvalue weighted by atomic mass is 10.3. The van der Waals surface area contributed by atoms with Gasteiger partial charge in [0.25, 0.3) is 0 Å². The summed E-state index contributed by atoms with van der Waals surface area (Å²) in [6.45, 7) is 1.47. The Morgan fingerprint density at radius 3 is 2.75 bits per heavy atom. The number of hydrogen-bond acceptors (Lipinski definition) is 5. The van der Waals surface area contributed by atoms with Gasteiger partial charge in [-0.05, 0) is 18.6 Å². The molecule has 0 unspecified atom stereocenters. The largest absolute Gasteiger partial charge is 0.481 e. The van der Waals surface area contributed by atoms with Crippen LogP contribution in [-0.4, -0.2) is 42.2 Å². The standard InChI is InChI=1S/C13H19N3O4/c1-20-8-2-7-14-10-3-4-11(15-9-10)16-12(17)5-6-13(18)19/h3-4,9,14H,2,5-8H2,1H3,(H,18,19)(H,15,16,17). The maximum atomic E-state index is 11.4. The molecule has 1 aromatic heterocycles. The van der Waals surface area contributed by atoms with Crippen molar-refractivity contribution in [2.75, 3.05) is 30.9 Å². The van der Waals surface area contributed by atoms with Crippen LogP contribution in [-0.2, 0) is 14.3 Å². The van der Waals surface area contributed by atoms with Gasteiger partial charge in [0.15, 0.2) is 0 Å². The van der Waals surface area contributed by atoms with E-state index in [-0.39, 0.29) is 18.7 Å². The number of carboxylic acid groups (broad SMARTS) is 1. The van der Waals surface area contributed by atoms with Crippen LogP contribution >= 0.6 is 0 Å². The summed E-state index contributed by atoms with van der Waals surface area (Å²) in [5.41, 5.74) is 0.852. The first-order valence-electron chi connectivity index (χ1n) is 6.32. The van der Waals surface area contributed by atoms with E-state index in [2.05, 4.69) is 15.6 Å². The van der Waals surface area contributed by atoms with Crippen LogP contribution in [0.2, 0.25) is 0 Å². The molecule has 0 aliphatic heterocycles. The van der Waals surface area contributed by atoms with E-state index >= 15 is 0 Å². The summed E-state index contributed by atoms with van der Waals surface area (Å²) in [6, 6.07) is 3.46. The first-order chi connectivity index (χ1) is 9.61. The Kier molecular flexibility index (Phi) is 7.05. The molecule has 0 aromatic carbocycles. The smallest absolute Gasteiger partial charge is 0.303 e. The van der Waals surface area contributed by atoms with Gasteiger partial charge in [0.1, 0.15) is 5.82 Å². The van der Waals surface area contributed by atoms with E-state index < -0.39 is 5.97 Å². The molecule has 0 fully saturated rings. The molecule has 1 heterocycles. The number of methoxy groups -OCH3 is 1. The van der Waals surface area contributed by atoms with Crippen LogP contribution in [0.3, 0.4) is 0 Å². The normalized spacial score (nSPS) is 10.1. The number of anilines is 2. The Bertz CT molecular complexity index is 434. The van der Waals surface area contributed by atoms with E-state index in [9.17, 15) is 9.59 Å². The molecule has 1 aromatic rings. The molecule has 1 rings (SSSR count). The number of carboxylic acids is 1. The van der Waals surface area contributed by atoms with E-state index in [4.69, 9.17) is 9.84 Å². The average molecular weight is 281 g/mol. The SMILES string of the molecule is COCCCNc1ccc(NC(=O)CCC(=O)O)nc1. The number of pyridine rings is 1. The molecule has 0 saturated heterocycles. The van der Waals surface area contributed by atoms with Crippen LogP contribution in [0.4, 0.5) is 11.5 Å². The quantitative estimate of drug-likeness (QED) is 0.590. The van der Waals surface area contributed by atoms with Crippen molar-refractivity contribution >= 4 is 23.4 Å². The Balaban J connectivity index is 2.34. The number of nitrogens with one attached hydrogen (secondary N) is 2. The number of ether oxygens (including phenoxy) is 1. The van der Waals surface area contributed by atoms with Gasteiger partial charge < -0.3 is 20.5 Å². The number of aromatic nitrogens is 1. The number of carbonyl (C=O) groups is 2. The zero-order valence-electron chi connectivity index (χ0n) is 11.4. The van der Waals surface area contributed by atoms with Crippen molar-refractivity contribution in [1.29, 1.82) is 0 Å². The van der Waals surface area contributed by atoms with E-state index in [1.807, 2.05) is 0 Å². The van der Waals surface area contributed by atoms with Crippen molar-refractivity contribution in [3.8, 4) is 0 Å². The second-order valence-electron chi connectivity index (χ2n) is 4.15. The maximum absolute atomic E-state index is 11.4. The number of rotatable bonds is 9. The molecule has 7 nitrogen and oxygen atoms in total. The fourth-order valence-corrected chi connectivity index (χ4v) is 1.45. The average Bonchev–Trinajstić information content (AvgIpc) is 2.43. The predicted octanol–water partition coefficient (Wildman–Crippen LogP) is 1.33. The molecule has 1 amide bonds. The highest BCUT2D eigenvalue weighted by atomic mass is 16.5. The van der Waals surface area contributed by atoms with Gasteiger partial charge in [0.05, 0.1) is 18.3 Å². The maximum Gasteiger partial charge on any atom is 0.303 e. The van der Waals surface area contributed by atoms with Crippen molar-refractivity contribution < 1.29 is 19.4 Å². The summed E-state index contributed by atoms with van der Waals surface area (Å²) in [5.74, 6) is -0.952. The van der Waals surface area contributed by atoms with Gasteiger partial charge >= 0.3 is 5.97 Å². The third kappa shape index (κ3) is 6.69. The van der Waals surface area contributed by atoms with E-state index in [0.717, 1.165) is 18.7 Å². The van der Waals surface area contributed by atoms with E-state index in [1.165, 1.54) is 0 Å². The number of hydrogen-bond donors (Lipinski definition) is 3. The van der Waals surface area contributed by atoms with Crippen LogP contribution in [0, 0.1) is 0 Å². The molecule has 0 atom stereocenters. The monoisotopic (exact) mass is 281 g/mol. The Morgan fingerprint density at radius 1 is 1.35 bits per heavy atom. The Hall–Kier alpha value is -2.15. The molecule has 0 spiro atoms. The zero-order valence-corrected chi connectivity index (χ0v) is 11.4. The Labute approximate surface area is 117 Å². The summed E-state index contributed by atoms with van der Waals surface area (Å²) in [4.78, 5) is 25.8. The highest BCUT2D eigenvalue weighted by molar-refractivity contribution is 5.91. The van der Waals surface area contributed by atoms with Crippen LogP contribution in [0.25, 0.3) is 0 Å². The second kappa shape index (κ2) is 8.87. The van der Waals surface area contributed by atoms with Crippen LogP contribution in [0.5, 0.6) is 0 Å². The van der Waals surface area contributed by atoms with Crippen molar-refractivity contribution in [2.24, 2.45) is 0 Å². The minimum atomic E-state index is -0.997. The number of nitrogens with zero attached hydrogens (tertiary/aromatic N) is 1. The van der Waals surface area contributed by atoms with Gasteiger partial charge in [-0.1, -0.05) is 0 Å². The lowest BCUT2D eigenvalue weighted by molar-refractivity contribution is -0.138. The van der Waals surface area contributed by atoms with Crippen molar-refractivity contribution in [1.82, 2.24) is 4.98 Å². The first kappa shape index (κ1) is 15.9. The molecule has 0 aliphatic rings. The summed E-state index contributed by atoms with van der Waals surface area (Å²) in [5, 5.41) is 14.2. The lowest BCUT2D eigenvalue weighted by Gasteiger charge is -2.07. The molecule has 0 bridgehead atoms. The van der Waals surface area contributed by atoms with E-state index in [0.29, 0.717) is 12.4 Å². The van der Waals surface area contributed by atoms with Gasteiger partial charge in [-0.3, -0.25) is 9.59 Å². The molecule has 0 radical (unpaired) electrons. The first-order valence-corrected chi connectivity index (χ1v) is 6.32. The van der Waals surface area contributed by atoms with Gasteiger partial charge in [0.2, 0.25) is 5.91 Å². The third-order valence-electron chi connectivity index (χ3n) is 2.45. The number of carbonyl (C=O) groups excluding carboxylic acids is 1. The van der Waals surface area contributed by atoms with Crippen LogP contribution < -0.4 is 10.6 Å². The summed E-state index contributed by atoms with van der Waals surface area (Å²) >= 11 is 0. The summed E-state index contributed by atoms with van der Waals surface area (Å²) < 4.78 is 4.94.